The fourth-order valence-electron chi connectivity index (χ4n) is 4.22. The molecule has 1 heterocycles. The van der Waals surface area contributed by atoms with Crippen LogP contribution >= 0.6 is 0 Å². The van der Waals surface area contributed by atoms with E-state index in [-0.39, 0.29) is 17.1 Å². The Labute approximate surface area is 207 Å². The van der Waals surface area contributed by atoms with E-state index in [2.05, 4.69) is 15.5 Å². The molecule has 10 heteroatoms. The fraction of sp³-hybridized carbons (Fsp3) is 0.480. The lowest BCUT2D eigenvalue weighted by Gasteiger charge is -2.25. The highest BCUT2D eigenvalue weighted by atomic mass is 28.4. The Bertz CT molecular complexity index is 1110. The Morgan fingerprint density at radius 1 is 1.03 bits per heavy atom. The first-order chi connectivity index (χ1) is 16.6. The van der Waals surface area contributed by atoms with E-state index >= 15 is 0 Å². The molecule has 1 aromatic heterocycles. The van der Waals surface area contributed by atoms with Crippen LogP contribution in [0.15, 0.2) is 36.4 Å². The number of nitrogens with zero attached hydrogens (tertiary/aromatic N) is 3. The van der Waals surface area contributed by atoms with Gasteiger partial charge in [-0.05, 0) is 42.0 Å². The van der Waals surface area contributed by atoms with E-state index in [0.717, 1.165) is 22.2 Å². The van der Waals surface area contributed by atoms with Gasteiger partial charge in [0.25, 0.3) is 0 Å². The van der Waals surface area contributed by atoms with Gasteiger partial charge in [-0.3, -0.25) is 4.79 Å². The molecule has 0 aliphatic carbocycles. The highest BCUT2D eigenvalue weighted by molar-refractivity contribution is 6.60. The molecule has 3 rings (SSSR count). The summed E-state index contributed by atoms with van der Waals surface area (Å²) in [5.74, 6) is 0.0867. The van der Waals surface area contributed by atoms with Crippen molar-refractivity contribution in [2.45, 2.75) is 51.5 Å². The second kappa shape index (κ2) is 11.3. The van der Waals surface area contributed by atoms with E-state index < -0.39 is 8.80 Å². The quantitative estimate of drug-likeness (QED) is 0.305. The van der Waals surface area contributed by atoms with Crippen LogP contribution in [0.1, 0.15) is 44.7 Å². The van der Waals surface area contributed by atoms with Crippen LogP contribution < -0.4 is 5.32 Å². The summed E-state index contributed by atoms with van der Waals surface area (Å²) < 4.78 is 16.2. The molecule has 0 unspecified atom stereocenters. The summed E-state index contributed by atoms with van der Waals surface area (Å²) in [5.41, 5.74) is 3.40. The predicted molar refractivity (Wildman–Crippen MR) is 137 cm³/mol. The van der Waals surface area contributed by atoms with Gasteiger partial charge in [-0.25, -0.2) is 0 Å². The van der Waals surface area contributed by atoms with Crippen LogP contribution in [0, 0.1) is 0 Å². The fourth-order valence-corrected chi connectivity index (χ4v) is 5.94. The second-order valence-corrected chi connectivity index (χ2v) is 12.5. The van der Waals surface area contributed by atoms with Crippen molar-refractivity contribution in [3.05, 3.63) is 47.5 Å². The smallest absolute Gasteiger partial charge is 0.500 e. The maximum Gasteiger partial charge on any atom is 0.500 e. The number of phenolic OH excluding ortho intramolecular Hbond substituents is 1. The Kier molecular flexibility index (Phi) is 8.65. The lowest BCUT2D eigenvalue weighted by atomic mass is 9.81. The molecule has 2 N–H and O–H groups in total. The Morgan fingerprint density at radius 2 is 1.63 bits per heavy atom. The number of rotatable bonds is 11. The van der Waals surface area contributed by atoms with Crippen molar-refractivity contribution >= 4 is 25.7 Å². The largest absolute Gasteiger partial charge is 0.505 e. The minimum atomic E-state index is -2.63. The monoisotopic (exact) mass is 500 g/mol. The van der Waals surface area contributed by atoms with Crippen molar-refractivity contribution in [1.82, 2.24) is 20.3 Å². The third kappa shape index (κ3) is 6.26. The van der Waals surface area contributed by atoms with Gasteiger partial charge in [-0.15, -0.1) is 15.0 Å². The maximum absolute atomic E-state index is 12.5. The SMILES string of the molecule is CO[Si](CCCNC(=O)CCc1ccc(-n2nc3ccccc3n2)c(O)c1C(C)(C)C)(OC)OC. The molecular formula is C25H36N4O5Si. The summed E-state index contributed by atoms with van der Waals surface area (Å²) in [6.07, 6.45) is 1.52. The number of fused-ring (bicyclic) bond motifs is 1. The van der Waals surface area contributed by atoms with Crippen LogP contribution in [0.3, 0.4) is 0 Å². The number of hydrogen-bond donors (Lipinski definition) is 2. The van der Waals surface area contributed by atoms with Gasteiger partial charge in [0.05, 0.1) is 0 Å². The number of benzene rings is 2. The average molecular weight is 501 g/mol. The lowest BCUT2D eigenvalue weighted by Crippen LogP contribution is -2.43. The molecule has 0 fully saturated rings. The van der Waals surface area contributed by atoms with Gasteiger partial charge in [0.1, 0.15) is 22.5 Å². The molecule has 1 amide bonds. The number of aromatic nitrogens is 3. The van der Waals surface area contributed by atoms with E-state index in [0.29, 0.717) is 37.5 Å². The van der Waals surface area contributed by atoms with Crippen molar-refractivity contribution in [1.29, 1.82) is 0 Å². The standard InChI is InChI=1S/C25H36N4O5Si/c1-25(2,3)23-18(13-15-22(30)26-16-9-17-35(32-4,33-5)34-6)12-14-21(24(23)31)29-27-19-10-7-8-11-20(19)28-29/h7-8,10-12,14,31H,9,13,15-17H2,1-6H3,(H,26,30). The summed E-state index contributed by atoms with van der Waals surface area (Å²) in [5, 5.41) is 23.2. The second-order valence-electron chi connectivity index (χ2n) is 9.44. The minimum absolute atomic E-state index is 0.0482. The average Bonchev–Trinajstić information content (AvgIpc) is 3.26. The van der Waals surface area contributed by atoms with Crippen molar-refractivity contribution in [3.8, 4) is 11.4 Å². The summed E-state index contributed by atoms with van der Waals surface area (Å²) in [6, 6.07) is 12.0. The van der Waals surface area contributed by atoms with Gasteiger partial charge in [0.15, 0.2) is 0 Å². The van der Waals surface area contributed by atoms with Gasteiger partial charge in [0.2, 0.25) is 5.91 Å². The zero-order chi connectivity index (χ0) is 25.6. The lowest BCUT2D eigenvalue weighted by molar-refractivity contribution is -0.121. The molecular weight excluding hydrogens is 464 g/mol. The number of hydrogen-bond acceptors (Lipinski definition) is 7. The Morgan fingerprint density at radius 3 is 2.17 bits per heavy atom. The highest BCUT2D eigenvalue weighted by Gasteiger charge is 2.36. The molecule has 3 aromatic rings. The molecule has 9 nitrogen and oxygen atoms in total. The Hall–Kier alpha value is -2.79. The number of phenols is 1. The summed E-state index contributed by atoms with van der Waals surface area (Å²) in [7, 11) is 2.11. The number of carbonyl (C=O) groups is 1. The number of aromatic hydroxyl groups is 1. The van der Waals surface area contributed by atoms with E-state index in [1.54, 1.807) is 27.4 Å². The van der Waals surface area contributed by atoms with Crippen LogP contribution in [-0.4, -0.2) is 62.7 Å². The molecule has 0 atom stereocenters. The van der Waals surface area contributed by atoms with Crippen molar-refractivity contribution in [3.63, 3.8) is 0 Å². The third-order valence-electron chi connectivity index (χ3n) is 6.03. The molecule has 0 bridgehead atoms. The van der Waals surface area contributed by atoms with E-state index in [9.17, 15) is 9.90 Å². The van der Waals surface area contributed by atoms with Gasteiger partial charge in [-0.1, -0.05) is 39.0 Å². The molecule has 35 heavy (non-hydrogen) atoms. The maximum atomic E-state index is 12.5. The van der Waals surface area contributed by atoms with E-state index in [1.807, 2.05) is 51.1 Å². The summed E-state index contributed by atoms with van der Waals surface area (Å²) >= 11 is 0. The molecule has 0 saturated carbocycles. The van der Waals surface area contributed by atoms with Crippen LogP contribution in [0.2, 0.25) is 6.04 Å². The van der Waals surface area contributed by atoms with Crippen LogP contribution in [0.25, 0.3) is 16.7 Å². The minimum Gasteiger partial charge on any atom is -0.505 e. The Balaban J connectivity index is 1.69. The van der Waals surface area contributed by atoms with Crippen molar-refractivity contribution in [2.24, 2.45) is 0 Å². The van der Waals surface area contributed by atoms with Gasteiger partial charge < -0.3 is 23.7 Å². The van der Waals surface area contributed by atoms with Gasteiger partial charge >= 0.3 is 8.80 Å². The molecule has 0 aliphatic heterocycles. The predicted octanol–water partition coefficient (Wildman–Crippen LogP) is 3.74. The number of nitrogens with one attached hydrogen (secondary N) is 1. The number of carbonyl (C=O) groups excluding carboxylic acids is 1. The normalized spacial score (nSPS) is 12.3. The molecule has 2 aromatic carbocycles. The van der Waals surface area contributed by atoms with E-state index in [1.165, 1.54) is 4.80 Å². The molecule has 190 valence electrons. The first kappa shape index (κ1) is 26.8. The molecule has 0 aliphatic rings. The van der Waals surface area contributed by atoms with Crippen LogP contribution in [0.5, 0.6) is 5.75 Å². The van der Waals surface area contributed by atoms with Crippen molar-refractivity contribution in [2.75, 3.05) is 27.9 Å². The first-order valence-corrected chi connectivity index (χ1v) is 13.7. The molecule has 0 radical (unpaired) electrons. The number of amides is 1. The number of aryl methyl sites for hydroxylation is 1. The van der Waals surface area contributed by atoms with Gasteiger partial charge in [-0.2, -0.15) is 0 Å². The summed E-state index contributed by atoms with van der Waals surface area (Å²) in [6.45, 7) is 6.64. The van der Waals surface area contributed by atoms with Crippen molar-refractivity contribution < 1.29 is 23.2 Å². The van der Waals surface area contributed by atoms with Gasteiger partial charge in [0, 0.05) is 45.9 Å². The molecule has 0 saturated heterocycles. The third-order valence-corrected chi connectivity index (χ3v) is 8.86. The zero-order valence-electron chi connectivity index (χ0n) is 21.4. The van der Waals surface area contributed by atoms with E-state index in [4.69, 9.17) is 13.3 Å². The zero-order valence-corrected chi connectivity index (χ0v) is 22.4. The highest BCUT2D eigenvalue weighted by Crippen LogP contribution is 2.38. The first-order valence-electron chi connectivity index (χ1n) is 11.7. The topological polar surface area (TPSA) is 108 Å². The van der Waals surface area contributed by atoms with Crippen LogP contribution in [-0.2, 0) is 29.9 Å². The molecule has 0 spiro atoms. The summed E-state index contributed by atoms with van der Waals surface area (Å²) in [4.78, 5) is 14.0. The van der Waals surface area contributed by atoms with Crippen LogP contribution in [0.4, 0.5) is 0 Å².